The predicted octanol–water partition coefficient (Wildman–Crippen LogP) is 3.67. The number of benzene rings is 1. The number of aromatic nitrogens is 2. The van der Waals surface area contributed by atoms with E-state index in [1.54, 1.807) is 18.2 Å². The van der Waals surface area contributed by atoms with Crippen molar-refractivity contribution in [3.8, 4) is 0 Å². The maximum absolute atomic E-state index is 11.0. The summed E-state index contributed by atoms with van der Waals surface area (Å²) in [6.45, 7) is 4.73. The number of nitrogens with zero attached hydrogens (tertiary/aromatic N) is 3. The Morgan fingerprint density at radius 2 is 2.10 bits per heavy atom. The maximum Gasteiger partial charge on any atom is 0.283 e. The van der Waals surface area contributed by atoms with Crippen LogP contribution in [0.4, 0.5) is 11.6 Å². The predicted molar refractivity (Wildman–Crippen MR) is 82.8 cm³/mol. The molecule has 2 aromatic rings. The van der Waals surface area contributed by atoms with Crippen LogP contribution in [0.3, 0.4) is 0 Å². The molecule has 1 heterocycles. The van der Waals surface area contributed by atoms with Gasteiger partial charge in [0.25, 0.3) is 5.69 Å². The lowest BCUT2D eigenvalue weighted by molar-refractivity contribution is -0.387. The summed E-state index contributed by atoms with van der Waals surface area (Å²) in [5, 5.41) is 14.9. The number of hydrogen-bond acceptors (Lipinski definition) is 6. The zero-order chi connectivity index (χ0) is 15.2. The second kappa shape index (κ2) is 7.03. The summed E-state index contributed by atoms with van der Waals surface area (Å²) in [4.78, 5) is 19.9. The molecule has 110 valence electrons. The van der Waals surface area contributed by atoms with E-state index in [-0.39, 0.29) is 10.6 Å². The Labute approximate surface area is 127 Å². The summed E-state index contributed by atoms with van der Waals surface area (Å²) in [5.74, 6) is 0.554. The molecule has 0 bridgehead atoms. The van der Waals surface area contributed by atoms with Crippen LogP contribution in [-0.4, -0.2) is 21.4 Å². The number of aryl methyl sites for hydroxylation is 1. The van der Waals surface area contributed by atoms with E-state index in [9.17, 15) is 10.1 Å². The molecule has 6 nitrogen and oxygen atoms in total. The van der Waals surface area contributed by atoms with Crippen molar-refractivity contribution >= 4 is 23.4 Å². The first-order valence-electron chi connectivity index (χ1n) is 6.61. The Morgan fingerprint density at radius 3 is 2.81 bits per heavy atom. The molecule has 0 fully saturated rings. The van der Waals surface area contributed by atoms with Crippen LogP contribution in [0, 0.1) is 17.0 Å². The number of nitrogens with one attached hydrogen (secondary N) is 1. The Bertz CT molecular complexity index is 649. The van der Waals surface area contributed by atoms with Crippen LogP contribution in [0.2, 0.25) is 0 Å². The normalized spacial score (nSPS) is 10.4. The average Bonchev–Trinajstić information content (AvgIpc) is 2.45. The van der Waals surface area contributed by atoms with Crippen LogP contribution < -0.4 is 5.32 Å². The Hall–Kier alpha value is -2.15. The molecule has 1 N–H and O–H groups in total. The van der Waals surface area contributed by atoms with Gasteiger partial charge in [-0.25, -0.2) is 9.97 Å². The Kier molecular flexibility index (Phi) is 5.10. The number of hydrogen-bond donors (Lipinski definition) is 1. The summed E-state index contributed by atoms with van der Waals surface area (Å²) in [5.41, 5.74) is 0.909. The lowest BCUT2D eigenvalue weighted by Crippen LogP contribution is -2.05. The minimum atomic E-state index is -0.382. The molecule has 0 saturated carbocycles. The van der Waals surface area contributed by atoms with Crippen molar-refractivity contribution in [1.82, 2.24) is 9.97 Å². The fourth-order valence-corrected chi connectivity index (χ4v) is 2.70. The van der Waals surface area contributed by atoms with Crippen molar-refractivity contribution in [2.24, 2.45) is 0 Å². The molecule has 0 aliphatic rings. The van der Waals surface area contributed by atoms with Gasteiger partial charge in [-0.3, -0.25) is 10.1 Å². The fraction of sp³-hybridized carbons (Fsp3) is 0.286. The van der Waals surface area contributed by atoms with Crippen LogP contribution in [0.25, 0.3) is 0 Å². The number of anilines is 1. The molecule has 0 atom stereocenters. The Morgan fingerprint density at radius 1 is 1.33 bits per heavy atom. The SMILES string of the molecule is CCCNc1nc(C)cc(Sc2ccccc2[N+](=O)[O-])n1. The van der Waals surface area contributed by atoms with E-state index >= 15 is 0 Å². The summed E-state index contributed by atoms with van der Waals surface area (Å²) in [6, 6.07) is 8.46. The van der Waals surface area contributed by atoms with E-state index in [0.717, 1.165) is 18.7 Å². The van der Waals surface area contributed by atoms with Crippen LogP contribution in [0.5, 0.6) is 0 Å². The smallest absolute Gasteiger partial charge is 0.283 e. The highest BCUT2D eigenvalue weighted by molar-refractivity contribution is 7.99. The molecule has 0 unspecified atom stereocenters. The molecule has 0 radical (unpaired) electrons. The van der Waals surface area contributed by atoms with Gasteiger partial charge in [0.1, 0.15) is 5.03 Å². The van der Waals surface area contributed by atoms with Crippen molar-refractivity contribution in [1.29, 1.82) is 0 Å². The monoisotopic (exact) mass is 304 g/mol. The van der Waals surface area contributed by atoms with Gasteiger partial charge >= 0.3 is 0 Å². The lowest BCUT2D eigenvalue weighted by Gasteiger charge is -2.07. The largest absolute Gasteiger partial charge is 0.354 e. The molecular weight excluding hydrogens is 288 g/mol. The number of rotatable bonds is 6. The van der Waals surface area contributed by atoms with E-state index in [1.807, 2.05) is 13.0 Å². The molecule has 0 saturated heterocycles. The molecule has 0 aliphatic heterocycles. The summed E-state index contributed by atoms with van der Waals surface area (Å²) in [7, 11) is 0. The van der Waals surface area contributed by atoms with Gasteiger partial charge in [-0.05, 0) is 25.5 Å². The van der Waals surface area contributed by atoms with Crippen LogP contribution in [0.1, 0.15) is 19.0 Å². The zero-order valence-corrected chi connectivity index (χ0v) is 12.7. The van der Waals surface area contributed by atoms with Crippen molar-refractivity contribution in [2.75, 3.05) is 11.9 Å². The topological polar surface area (TPSA) is 81.0 Å². The molecule has 0 aliphatic carbocycles. The van der Waals surface area contributed by atoms with Gasteiger partial charge in [0.2, 0.25) is 5.95 Å². The van der Waals surface area contributed by atoms with Crippen molar-refractivity contribution in [3.05, 3.63) is 46.1 Å². The minimum Gasteiger partial charge on any atom is -0.354 e. The van der Waals surface area contributed by atoms with Crippen molar-refractivity contribution in [2.45, 2.75) is 30.2 Å². The fourth-order valence-electron chi connectivity index (χ4n) is 1.71. The van der Waals surface area contributed by atoms with Gasteiger partial charge in [0.15, 0.2) is 0 Å². The second-order valence-electron chi connectivity index (χ2n) is 4.42. The third-order valence-electron chi connectivity index (χ3n) is 2.64. The average molecular weight is 304 g/mol. The highest BCUT2D eigenvalue weighted by atomic mass is 32.2. The van der Waals surface area contributed by atoms with Crippen molar-refractivity contribution in [3.63, 3.8) is 0 Å². The highest BCUT2D eigenvalue weighted by Crippen LogP contribution is 2.33. The summed E-state index contributed by atoms with van der Waals surface area (Å²) >= 11 is 1.27. The van der Waals surface area contributed by atoms with E-state index in [4.69, 9.17) is 0 Å². The molecular formula is C14H16N4O2S. The zero-order valence-electron chi connectivity index (χ0n) is 11.9. The van der Waals surface area contributed by atoms with Gasteiger partial charge in [-0.1, -0.05) is 30.8 Å². The summed E-state index contributed by atoms with van der Waals surface area (Å²) < 4.78 is 0. The number of para-hydroxylation sites is 1. The Balaban J connectivity index is 2.27. The third-order valence-corrected chi connectivity index (χ3v) is 3.62. The van der Waals surface area contributed by atoms with Gasteiger partial charge in [-0.15, -0.1) is 0 Å². The molecule has 21 heavy (non-hydrogen) atoms. The van der Waals surface area contributed by atoms with E-state index < -0.39 is 0 Å². The standard InChI is InChI=1S/C14H16N4O2S/c1-3-8-15-14-16-10(2)9-13(17-14)21-12-7-5-4-6-11(12)18(19)20/h4-7,9H,3,8H2,1-2H3,(H,15,16,17). The van der Waals surface area contributed by atoms with Crippen LogP contribution in [0.15, 0.2) is 40.3 Å². The van der Waals surface area contributed by atoms with Crippen LogP contribution >= 0.6 is 11.8 Å². The van der Waals surface area contributed by atoms with Crippen LogP contribution in [-0.2, 0) is 0 Å². The van der Waals surface area contributed by atoms with E-state index in [0.29, 0.717) is 15.9 Å². The van der Waals surface area contributed by atoms with E-state index in [2.05, 4.69) is 22.2 Å². The third kappa shape index (κ3) is 4.16. The molecule has 7 heteroatoms. The molecule has 1 aromatic carbocycles. The van der Waals surface area contributed by atoms with Gasteiger partial charge in [0.05, 0.1) is 9.82 Å². The first-order chi connectivity index (χ1) is 10.1. The number of nitro groups is 1. The first-order valence-corrected chi connectivity index (χ1v) is 7.42. The molecule has 0 amide bonds. The second-order valence-corrected chi connectivity index (χ2v) is 5.49. The van der Waals surface area contributed by atoms with E-state index in [1.165, 1.54) is 17.8 Å². The highest BCUT2D eigenvalue weighted by Gasteiger charge is 2.14. The molecule has 1 aromatic heterocycles. The lowest BCUT2D eigenvalue weighted by atomic mass is 10.3. The summed E-state index contributed by atoms with van der Waals surface area (Å²) in [6.07, 6.45) is 0.976. The quantitative estimate of drug-likeness (QED) is 0.498. The minimum absolute atomic E-state index is 0.0850. The van der Waals surface area contributed by atoms with Gasteiger partial charge in [0, 0.05) is 18.3 Å². The molecule has 2 rings (SSSR count). The molecule has 0 spiro atoms. The maximum atomic E-state index is 11.0. The first kappa shape index (κ1) is 15.2. The van der Waals surface area contributed by atoms with Gasteiger partial charge < -0.3 is 5.32 Å². The number of nitro benzene ring substituents is 1. The van der Waals surface area contributed by atoms with Gasteiger partial charge in [-0.2, -0.15) is 0 Å². The van der Waals surface area contributed by atoms with Crippen molar-refractivity contribution < 1.29 is 4.92 Å².